The van der Waals surface area contributed by atoms with Crippen molar-refractivity contribution in [2.24, 2.45) is 0 Å². The Morgan fingerprint density at radius 2 is 2.19 bits per heavy atom. The van der Waals surface area contributed by atoms with Crippen molar-refractivity contribution in [2.45, 2.75) is 38.3 Å². The normalized spacial score (nSPS) is 18.5. The van der Waals surface area contributed by atoms with Gasteiger partial charge in [-0.25, -0.2) is 0 Å². The number of aliphatic carboxylic acids is 1. The summed E-state index contributed by atoms with van der Waals surface area (Å²) in [6.07, 6.45) is 2.68. The molecule has 0 bridgehead atoms. The predicted octanol–water partition coefficient (Wildman–Crippen LogP) is 2.30. The lowest BCUT2D eigenvalue weighted by Gasteiger charge is -2.35. The third-order valence-corrected chi connectivity index (χ3v) is 3.78. The minimum atomic E-state index is -0.854. The number of amides is 1. The molecular formula is C16H21NO4. The molecule has 0 saturated carbocycles. The molecule has 1 unspecified atom stereocenters. The van der Waals surface area contributed by atoms with Crippen molar-refractivity contribution >= 4 is 11.9 Å². The standard InChI is InChI=1S/C16H21NO4/c1-21-11-12-5-4-6-13(9-12)16(20)17-8-3-2-7-14(17)10-15(18)19/h4-6,9,14H,2-3,7-8,10-11H2,1H3,(H,18,19). The SMILES string of the molecule is COCc1cccc(C(=O)N2CCCCC2CC(=O)O)c1. The van der Waals surface area contributed by atoms with Gasteiger partial charge in [0.05, 0.1) is 13.0 Å². The van der Waals surface area contributed by atoms with Gasteiger partial charge in [-0.2, -0.15) is 0 Å². The Morgan fingerprint density at radius 3 is 2.90 bits per heavy atom. The summed E-state index contributed by atoms with van der Waals surface area (Å²) in [6.45, 7) is 1.09. The number of benzene rings is 1. The second-order valence-corrected chi connectivity index (χ2v) is 5.38. The number of hydrogen-bond donors (Lipinski definition) is 1. The first-order chi connectivity index (χ1) is 10.1. The van der Waals surface area contributed by atoms with Crippen molar-refractivity contribution in [1.29, 1.82) is 0 Å². The molecule has 1 aliphatic rings. The van der Waals surface area contributed by atoms with Crippen LogP contribution in [-0.4, -0.2) is 41.6 Å². The van der Waals surface area contributed by atoms with Crippen LogP contribution in [0.25, 0.3) is 0 Å². The van der Waals surface area contributed by atoms with Crippen LogP contribution in [0.3, 0.4) is 0 Å². The summed E-state index contributed by atoms with van der Waals surface area (Å²) in [4.78, 5) is 25.3. The largest absolute Gasteiger partial charge is 0.481 e. The monoisotopic (exact) mass is 291 g/mol. The first-order valence-electron chi connectivity index (χ1n) is 7.22. The van der Waals surface area contributed by atoms with Crippen molar-refractivity contribution in [3.05, 3.63) is 35.4 Å². The van der Waals surface area contributed by atoms with E-state index in [0.29, 0.717) is 18.7 Å². The zero-order valence-corrected chi connectivity index (χ0v) is 12.2. The van der Waals surface area contributed by atoms with E-state index in [-0.39, 0.29) is 18.4 Å². The van der Waals surface area contributed by atoms with Gasteiger partial charge < -0.3 is 14.7 Å². The Labute approximate surface area is 124 Å². The molecule has 1 heterocycles. The van der Waals surface area contributed by atoms with Gasteiger partial charge in [0.1, 0.15) is 0 Å². The van der Waals surface area contributed by atoms with Crippen LogP contribution in [0.2, 0.25) is 0 Å². The van der Waals surface area contributed by atoms with E-state index >= 15 is 0 Å². The summed E-state index contributed by atoms with van der Waals surface area (Å²) >= 11 is 0. The van der Waals surface area contributed by atoms with Gasteiger partial charge in [-0.05, 0) is 37.0 Å². The van der Waals surface area contributed by atoms with Gasteiger partial charge in [-0.3, -0.25) is 9.59 Å². The van der Waals surface area contributed by atoms with Crippen LogP contribution in [0.5, 0.6) is 0 Å². The second kappa shape index (κ2) is 7.22. The van der Waals surface area contributed by atoms with Gasteiger partial charge >= 0.3 is 5.97 Å². The summed E-state index contributed by atoms with van der Waals surface area (Å²) in [6, 6.07) is 7.13. The van der Waals surface area contributed by atoms with Crippen LogP contribution in [0.4, 0.5) is 0 Å². The first-order valence-corrected chi connectivity index (χ1v) is 7.22. The molecule has 5 nitrogen and oxygen atoms in total. The van der Waals surface area contributed by atoms with E-state index in [0.717, 1.165) is 24.8 Å². The molecule has 1 aromatic carbocycles. The zero-order valence-electron chi connectivity index (χ0n) is 12.2. The molecule has 114 valence electrons. The average Bonchev–Trinajstić information content (AvgIpc) is 2.47. The highest BCUT2D eigenvalue weighted by molar-refractivity contribution is 5.95. The molecule has 1 atom stereocenters. The van der Waals surface area contributed by atoms with Gasteiger partial charge in [0.2, 0.25) is 0 Å². The number of ether oxygens (including phenoxy) is 1. The second-order valence-electron chi connectivity index (χ2n) is 5.38. The van der Waals surface area contributed by atoms with E-state index in [1.54, 1.807) is 18.1 Å². The van der Waals surface area contributed by atoms with Gasteiger partial charge in [0, 0.05) is 25.3 Å². The smallest absolute Gasteiger partial charge is 0.305 e. The maximum atomic E-state index is 12.6. The number of rotatable bonds is 5. The minimum Gasteiger partial charge on any atom is -0.481 e. The van der Waals surface area contributed by atoms with Crippen molar-refractivity contribution in [3.8, 4) is 0 Å². The molecule has 1 aliphatic heterocycles. The van der Waals surface area contributed by atoms with E-state index in [2.05, 4.69) is 0 Å². The minimum absolute atomic E-state index is 0.0174. The highest BCUT2D eigenvalue weighted by atomic mass is 16.5. The van der Waals surface area contributed by atoms with E-state index in [9.17, 15) is 9.59 Å². The fraction of sp³-hybridized carbons (Fsp3) is 0.500. The molecule has 1 amide bonds. The first kappa shape index (κ1) is 15.5. The lowest BCUT2D eigenvalue weighted by Crippen LogP contribution is -2.44. The third-order valence-electron chi connectivity index (χ3n) is 3.78. The number of likely N-dealkylation sites (tertiary alicyclic amines) is 1. The number of carbonyl (C=O) groups excluding carboxylic acids is 1. The van der Waals surface area contributed by atoms with Crippen LogP contribution in [-0.2, 0) is 16.1 Å². The van der Waals surface area contributed by atoms with Crippen LogP contribution in [0.15, 0.2) is 24.3 Å². The van der Waals surface area contributed by atoms with Gasteiger partial charge in [-0.15, -0.1) is 0 Å². The summed E-state index contributed by atoms with van der Waals surface area (Å²) < 4.78 is 5.08. The molecule has 1 fully saturated rings. The molecule has 1 aromatic rings. The number of hydrogen-bond acceptors (Lipinski definition) is 3. The molecule has 1 N–H and O–H groups in total. The molecule has 2 rings (SSSR count). The fourth-order valence-corrected chi connectivity index (χ4v) is 2.81. The highest BCUT2D eigenvalue weighted by Crippen LogP contribution is 2.22. The molecule has 1 saturated heterocycles. The number of carboxylic acid groups (broad SMARTS) is 1. The number of carbonyl (C=O) groups is 2. The quantitative estimate of drug-likeness (QED) is 0.904. The Morgan fingerprint density at radius 1 is 1.38 bits per heavy atom. The van der Waals surface area contributed by atoms with E-state index in [1.165, 1.54) is 0 Å². The predicted molar refractivity (Wildman–Crippen MR) is 78.1 cm³/mol. The van der Waals surface area contributed by atoms with Crippen molar-refractivity contribution in [2.75, 3.05) is 13.7 Å². The number of piperidine rings is 1. The zero-order chi connectivity index (χ0) is 15.2. The number of nitrogens with zero attached hydrogens (tertiary/aromatic N) is 1. The Bertz CT molecular complexity index is 515. The lowest BCUT2D eigenvalue weighted by molar-refractivity contribution is -0.138. The number of methoxy groups -OCH3 is 1. The fourth-order valence-electron chi connectivity index (χ4n) is 2.81. The lowest BCUT2D eigenvalue weighted by atomic mass is 9.98. The van der Waals surface area contributed by atoms with Crippen molar-refractivity contribution in [3.63, 3.8) is 0 Å². The third kappa shape index (κ3) is 4.04. The topological polar surface area (TPSA) is 66.8 Å². The summed E-state index contributed by atoms with van der Waals surface area (Å²) in [5, 5.41) is 9.00. The molecule has 0 spiro atoms. The van der Waals surface area contributed by atoms with Crippen LogP contribution in [0.1, 0.15) is 41.6 Å². The van der Waals surface area contributed by atoms with Crippen molar-refractivity contribution in [1.82, 2.24) is 4.90 Å². The molecule has 5 heteroatoms. The Balaban J connectivity index is 2.16. The van der Waals surface area contributed by atoms with Crippen LogP contribution in [0, 0.1) is 0 Å². The number of carboxylic acids is 1. The maximum absolute atomic E-state index is 12.6. The van der Waals surface area contributed by atoms with Gasteiger partial charge in [0.15, 0.2) is 0 Å². The average molecular weight is 291 g/mol. The van der Waals surface area contributed by atoms with E-state index in [1.807, 2.05) is 18.2 Å². The summed E-state index contributed by atoms with van der Waals surface area (Å²) in [5.41, 5.74) is 1.54. The molecule has 0 aliphatic carbocycles. The summed E-state index contributed by atoms with van der Waals surface area (Å²) in [5.74, 6) is -0.938. The molecule has 21 heavy (non-hydrogen) atoms. The van der Waals surface area contributed by atoms with Gasteiger partial charge in [-0.1, -0.05) is 12.1 Å². The van der Waals surface area contributed by atoms with Crippen molar-refractivity contribution < 1.29 is 19.4 Å². The Hall–Kier alpha value is -1.88. The van der Waals surface area contributed by atoms with E-state index in [4.69, 9.17) is 9.84 Å². The van der Waals surface area contributed by atoms with Crippen LogP contribution < -0.4 is 0 Å². The Kier molecular flexibility index (Phi) is 5.33. The highest BCUT2D eigenvalue weighted by Gasteiger charge is 2.29. The molecule has 0 aromatic heterocycles. The maximum Gasteiger partial charge on any atom is 0.305 e. The molecular weight excluding hydrogens is 270 g/mol. The molecule has 0 radical (unpaired) electrons. The van der Waals surface area contributed by atoms with Gasteiger partial charge in [0.25, 0.3) is 5.91 Å². The summed E-state index contributed by atoms with van der Waals surface area (Å²) in [7, 11) is 1.61. The van der Waals surface area contributed by atoms with E-state index < -0.39 is 5.97 Å². The van der Waals surface area contributed by atoms with Crippen LogP contribution >= 0.6 is 0 Å².